The average molecular weight is 119 g/mol. The van der Waals surface area contributed by atoms with Crippen molar-refractivity contribution in [1.29, 1.82) is 0 Å². The Morgan fingerprint density at radius 2 is 2.12 bits per heavy atom. The molecule has 50 valence electrons. The number of hydrogen-bond donors (Lipinski definition) is 4. The Bertz CT molecular complexity index is 36.3. The van der Waals surface area contributed by atoms with Crippen LogP contribution in [-0.2, 0) is 0 Å². The Labute approximate surface area is 49.2 Å². The minimum absolute atomic E-state index is 0.775. The van der Waals surface area contributed by atoms with E-state index in [-0.39, 0.29) is 0 Å². The van der Waals surface area contributed by atoms with Crippen LogP contribution in [0.5, 0.6) is 0 Å². The number of rotatable bonds is 5. The molecule has 0 saturated heterocycles. The molecule has 4 nitrogen and oxygen atoms in total. The molecule has 4 N–H and O–H groups in total. The molecule has 0 rings (SSSR count). The second kappa shape index (κ2) is 6.84. The second-order valence-corrected chi connectivity index (χ2v) is 1.50. The highest BCUT2D eigenvalue weighted by Crippen LogP contribution is 1.66. The van der Waals surface area contributed by atoms with Gasteiger partial charge in [-0.25, -0.2) is 5.43 Å². The number of nitrogens with one attached hydrogen (secondary N) is 3. The Hall–Kier alpha value is -0.160. The second-order valence-electron chi connectivity index (χ2n) is 1.50. The van der Waals surface area contributed by atoms with E-state index in [1.807, 2.05) is 12.6 Å². The van der Waals surface area contributed by atoms with Gasteiger partial charge in [0.25, 0.3) is 0 Å². The molecule has 0 aromatic carbocycles. The van der Waals surface area contributed by atoms with Crippen molar-refractivity contribution >= 4 is 0 Å². The molecule has 0 aliphatic rings. The summed E-state index contributed by atoms with van der Waals surface area (Å²) < 4.78 is 0. The van der Waals surface area contributed by atoms with Crippen molar-refractivity contribution < 1.29 is 5.21 Å². The predicted molar refractivity (Wildman–Crippen MR) is 31.5 cm³/mol. The molecule has 0 spiro atoms. The third-order valence-corrected chi connectivity index (χ3v) is 0.808. The first-order valence-electron chi connectivity index (χ1n) is 2.68. The molecule has 0 bridgehead atoms. The topological polar surface area (TPSA) is 56.3 Å². The SMILES string of the molecule is CNCCCNNO. The monoisotopic (exact) mass is 119 g/mol. The summed E-state index contributed by atoms with van der Waals surface area (Å²) >= 11 is 0. The fourth-order valence-corrected chi connectivity index (χ4v) is 0.409. The summed E-state index contributed by atoms with van der Waals surface area (Å²) in [5.74, 6) is 0. The lowest BCUT2D eigenvalue weighted by Gasteiger charge is -1.98. The van der Waals surface area contributed by atoms with Crippen LogP contribution in [0.2, 0.25) is 0 Å². The van der Waals surface area contributed by atoms with Gasteiger partial charge in [-0.1, -0.05) is 0 Å². The maximum absolute atomic E-state index is 7.98. The van der Waals surface area contributed by atoms with Crippen LogP contribution >= 0.6 is 0 Å². The van der Waals surface area contributed by atoms with E-state index in [1.54, 1.807) is 0 Å². The van der Waals surface area contributed by atoms with Gasteiger partial charge in [-0.15, -0.1) is 5.59 Å². The third-order valence-electron chi connectivity index (χ3n) is 0.808. The zero-order valence-electron chi connectivity index (χ0n) is 5.07. The van der Waals surface area contributed by atoms with Gasteiger partial charge >= 0.3 is 0 Å². The molecule has 0 aliphatic carbocycles. The van der Waals surface area contributed by atoms with E-state index in [4.69, 9.17) is 5.21 Å². The Kier molecular flexibility index (Phi) is 6.70. The van der Waals surface area contributed by atoms with Gasteiger partial charge in [0.15, 0.2) is 0 Å². The smallest absolute Gasteiger partial charge is 0.0134 e. The van der Waals surface area contributed by atoms with E-state index >= 15 is 0 Å². The Morgan fingerprint density at radius 3 is 2.62 bits per heavy atom. The number of hydrazine groups is 1. The van der Waals surface area contributed by atoms with Crippen LogP contribution in [0.3, 0.4) is 0 Å². The lowest BCUT2D eigenvalue weighted by Crippen LogP contribution is -2.30. The molecule has 0 aromatic rings. The van der Waals surface area contributed by atoms with Crippen molar-refractivity contribution in [3.63, 3.8) is 0 Å². The molecular formula is C4H13N3O. The first-order chi connectivity index (χ1) is 3.91. The van der Waals surface area contributed by atoms with E-state index in [0.29, 0.717) is 0 Å². The van der Waals surface area contributed by atoms with Crippen molar-refractivity contribution in [3.05, 3.63) is 0 Å². The molecule has 0 amide bonds. The highest BCUT2D eigenvalue weighted by molar-refractivity contribution is 4.41. The summed E-state index contributed by atoms with van der Waals surface area (Å²) in [4.78, 5) is 0. The molecule has 0 saturated carbocycles. The van der Waals surface area contributed by atoms with Crippen LogP contribution in [0.15, 0.2) is 0 Å². The van der Waals surface area contributed by atoms with Crippen molar-refractivity contribution in [3.8, 4) is 0 Å². The Balaban J connectivity index is 2.53. The minimum atomic E-state index is 0.775. The third kappa shape index (κ3) is 5.84. The van der Waals surface area contributed by atoms with Crippen molar-refractivity contribution in [2.45, 2.75) is 6.42 Å². The lowest BCUT2D eigenvalue weighted by molar-refractivity contribution is 0.120. The maximum Gasteiger partial charge on any atom is 0.0134 e. The molecule has 0 heterocycles. The van der Waals surface area contributed by atoms with Gasteiger partial charge in [0, 0.05) is 6.54 Å². The zero-order chi connectivity index (χ0) is 6.24. The first kappa shape index (κ1) is 7.84. The zero-order valence-corrected chi connectivity index (χ0v) is 5.07. The molecule has 0 atom stereocenters. The maximum atomic E-state index is 7.98. The first-order valence-corrected chi connectivity index (χ1v) is 2.68. The van der Waals surface area contributed by atoms with Crippen molar-refractivity contribution in [1.82, 2.24) is 16.3 Å². The summed E-state index contributed by atoms with van der Waals surface area (Å²) in [5, 5.41) is 11.0. The van der Waals surface area contributed by atoms with E-state index in [1.165, 1.54) is 0 Å². The highest BCUT2D eigenvalue weighted by atomic mass is 16.5. The van der Waals surface area contributed by atoms with Crippen LogP contribution in [-0.4, -0.2) is 25.3 Å². The van der Waals surface area contributed by atoms with Gasteiger partial charge in [-0.2, -0.15) is 0 Å². The van der Waals surface area contributed by atoms with Crippen LogP contribution in [0, 0.1) is 0 Å². The predicted octanol–water partition coefficient (Wildman–Crippen LogP) is -0.921. The standard InChI is InChI=1S/C4H13N3O/c1-5-3-2-4-6-7-8/h5-8H,2-4H2,1H3. The van der Waals surface area contributed by atoms with E-state index in [0.717, 1.165) is 19.5 Å². The van der Waals surface area contributed by atoms with Crippen LogP contribution in [0.4, 0.5) is 0 Å². The molecule has 8 heavy (non-hydrogen) atoms. The van der Waals surface area contributed by atoms with Gasteiger partial charge < -0.3 is 10.5 Å². The number of hydrogen-bond acceptors (Lipinski definition) is 4. The molecule has 0 unspecified atom stereocenters. The summed E-state index contributed by atoms with van der Waals surface area (Å²) in [7, 11) is 1.90. The average Bonchev–Trinajstić information content (AvgIpc) is 1.81. The van der Waals surface area contributed by atoms with Crippen LogP contribution < -0.4 is 16.3 Å². The summed E-state index contributed by atoms with van der Waals surface area (Å²) in [6.07, 6.45) is 1.00. The molecular weight excluding hydrogens is 106 g/mol. The largest absolute Gasteiger partial charge is 0.320 e. The minimum Gasteiger partial charge on any atom is -0.320 e. The van der Waals surface area contributed by atoms with Crippen molar-refractivity contribution in [2.75, 3.05) is 20.1 Å². The van der Waals surface area contributed by atoms with Crippen LogP contribution in [0.25, 0.3) is 0 Å². The van der Waals surface area contributed by atoms with Gasteiger partial charge in [0.2, 0.25) is 0 Å². The normalized spacial score (nSPS) is 9.75. The van der Waals surface area contributed by atoms with Gasteiger partial charge in [-0.3, -0.25) is 0 Å². The van der Waals surface area contributed by atoms with Gasteiger partial charge in [0.1, 0.15) is 0 Å². The molecule has 0 fully saturated rings. The van der Waals surface area contributed by atoms with E-state index < -0.39 is 0 Å². The molecule has 0 radical (unpaired) electrons. The van der Waals surface area contributed by atoms with E-state index in [9.17, 15) is 0 Å². The Morgan fingerprint density at radius 1 is 1.38 bits per heavy atom. The van der Waals surface area contributed by atoms with E-state index in [2.05, 4.69) is 10.7 Å². The summed E-state index contributed by atoms with van der Waals surface area (Å²) in [6, 6.07) is 0. The fraction of sp³-hybridized carbons (Fsp3) is 1.00. The highest BCUT2D eigenvalue weighted by Gasteiger charge is 1.80. The van der Waals surface area contributed by atoms with Gasteiger partial charge in [0.05, 0.1) is 0 Å². The van der Waals surface area contributed by atoms with Crippen LogP contribution in [0.1, 0.15) is 6.42 Å². The lowest BCUT2D eigenvalue weighted by atomic mass is 10.4. The molecule has 4 heteroatoms. The summed E-state index contributed by atoms with van der Waals surface area (Å²) in [6.45, 7) is 1.74. The van der Waals surface area contributed by atoms with Crippen molar-refractivity contribution in [2.24, 2.45) is 0 Å². The summed E-state index contributed by atoms with van der Waals surface area (Å²) in [5.41, 5.74) is 4.40. The quantitative estimate of drug-likeness (QED) is 0.279. The van der Waals surface area contributed by atoms with Gasteiger partial charge in [-0.05, 0) is 20.0 Å². The fourth-order valence-electron chi connectivity index (χ4n) is 0.409. The molecule has 0 aromatic heterocycles. The molecule has 0 aliphatic heterocycles.